The highest BCUT2D eigenvalue weighted by molar-refractivity contribution is 5.20. The third-order valence-electron chi connectivity index (χ3n) is 2.98. The van der Waals surface area contributed by atoms with Crippen molar-refractivity contribution in [2.45, 2.75) is 39.2 Å². The molecule has 0 bridgehead atoms. The first-order valence-corrected chi connectivity index (χ1v) is 5.74. The lowest BCUT2D eigenvalue weighted by atomic mass is 9.92. The minimum Gasteiger partial charge on any atom is -0.327 e. The smallest absolute Gasteiger partial charge is 0.129 e. The normalized spacial score (nSPS) is 14.8. The number of nitrogens with two attached hydrogens (primary N) is 1. The van der Waals surface area contributed by atoms with Crippen LogP contribution in [-0.2, 0) is 6.42 Å². The van der Waals surface area contributed by atoms with E-state index >= 15 is 0 Å². The zero-order valence-corrected chi connectivity index (χ0v) is 9.84. The van der Waals surface area contributed by atoms with E-state index in [4.69, 9.17) is 5.73 Å². The van der Waals surface area contributed by atoms with Crippen LogP contribution in [0.4, 0.5) is 8.78 Å². The largest absolute Gasteiger partial charge is 0.327 e. The van der Waals surface area contributed by atoms with Crippen LogP contribution in [0.2, 0.25) is 0 Å². The standard InChI is InChI=1S/C13H19F2N/c1-3-5-9(2)13(16)8-10-11(14)6-4-7-12(10)15/h4,6-7,9,13H,3,5,8,16H2,1-2H3. The summed E-state index contributed by atoms with van der Waals surface area (Å²) >= 11 is 0. The molecular formula is C13H19F2N. The molecule has 3 heteroatoms. The van der Waals surface area contributed by atoms with Crippen molar-refractivity contribution >= 4 is 0 Å². The summed E-state index contributed by atoms with van der Waals surface area (Å²) in [5.74, 6) is -0.720. The lowest BCUT2D eigenvalue weighted by Gasteiger charge is -2.19. The van der Waals surface area contributed by atoms with E-state index in [9.17, 15) is 8.78 Å². The summed E-state index contributed by atoms with van der Waals surface area (Å²) in [5, 5.41) is 0. The maximum absolute atomic E-state index is 13.4. The molecule has 16 heavy (non-hydrogen) atoms. The molecule has 1 nitrogen and oxygen atoms in total. The summed E-state index contributed by atoms with van der Waals surface area (Å²) < 4.78 is 26.7. The summed E-state index contributed by atoms with van der Waals surface area (Å²) in [5.41, 5.74) is 6.05. The third kappa shape index (κ3) is 3.27. The molecule has 0 heterocycles. The van der Waals surface area contributed by atoms with Crippen LogP contribution < -0.4 is 5.73 Å². The maximum atomic E-state index is 13.4. The van der Waals surface area contributed by atoms with E-state index in [2.05, 4.69) is 6.92 Å². The van der Waals surface area contributed by atoms with Gasteiger partial charge in [-0.15, -0.1) is 0 Å². The molecule has 2 unspecified atom stereocenters. The summed E-state index contributed by atoms with van der Waals surface area (Å²) in [7, 11) is 0. The summed E-state index contributed by atoms with van der Waals surface area (Å²) in [4.78, 5) is 0. The molecule has 1 aromatic rings. The van der Waals surface area contributed by atoms with Crippen molar-refractivity contribution in [3.63, 3.8) is 0 Å². The topological polar surface area (TPSA) is 26.0 Å². The molecule has 0 saturated carbocycles. The van der Waals surface area contributed by atoms with Crippen molar-refractivity contribution in [3.05, 3.63) is 35.4 Å². The lowest BCUT2D eigenvalue weighted by Crippen LogP contribution is -2.31. The van der Waals surface area contributed by atoms with Crippen LogP contribution in [0.3, 0.4) is 0 Å². The van der Waals surface area contributed by atoms with Crippen LogP contribution in [0.15, 0.2) is 18.2 Å². The van der Waals surface area contributed by atoms with Gasteiger partial charge in [-0.2, -0.15) is 0 Å². The molecule has 0 aliphatic carbocycles. The number of hydrogen-bond acceptors (Lipinski definition) is 1. The van der Waals surface area contributed by atoms with Crippen molar-refractivity contribution in [2.75, 3.05) is 0 Å². The molecular weight excluding hydrogens is 208 g/mol. The van der Waals surface area contributed by atoms with Gasteiger partial charge in [0.2, 0.25) is 0 Å². The number of benzene rings is 1. The van der Waals surface area contributed by atoms with Crippen molar-refractivity contribution in [1.29, 1.82) is 0 Å². The Labute approximate surface area is 95.7 Å². The van der Waals surface area contributed by atoms with Gasteiger partial charge in [-0.3, -0.25) is 0 Å². The SMILES string of the molecule is CCCC(C)C(N)Cc1c(F)cccc1F. The van der Waals surface area contributed by atoms with Gasteiger partial charge in [0, 0.05) is 11.6 Å². The molecule has 90 valence electrons. The Balaban J connectivity index is 2.72. The maximum Gasteiger partial charge on any atom is 0.129 e. The van der Waals surface area contributed by atoms with Crippen molar-refractivity contribution in [1.82, 2.24) is 0 Å². The molecule has 2 N–H and O–H groups in total. The van der Waals surface area contributed by atoms with Crippen molar-refractivity contribution in [2.24, 2.45) is 11.7 Å². The zero-order valence-electron chi connectivity index (χ0n) is 9.84. The molecule has 0 aliphatic heterocycles. The van der Waals surface area contributed by atoms with E-state index in [1.54, 1.807) is 0 Å². The summed E-state index contributed by atoms with van der Waals surface area (Å²) in [6.45, 7) is 4.10. The minimum atomic E-state index is -0.501. The Morgan fingerprint density at radius 2 is 1.81 bits per heavy atom. The highest BCUT2D eigenvalue weighted by Gasteiger charge is 2.17. The molecule has 2 atom stereocenters. The second kappa shape index (κ2) is 5.94. The van der Waals surface area contributed by atoms with E-state index in [1.165, 1.54) is 18.2 Å². The van der Waals surface area contributed by atoms with Gasteiger partial charge in [-0.25, -0.2) is 8.78 Å². The van der Waals surface area contributed by atoms with Gasteiger partial charge in [-0.05, 0) is 30.9 Å². The van der Waals surface area contributed by atoms with Gasteiger partial charge in [0.25, 0.3) is 0 Å². The average Bonchev–Trinajstić information content (AvgIpc) is 2.23. The molecule has 1 rings (SSSR count). The number of halogens is 2. The van der Waals surface area contributed by atoms with Gasteiger partial charge in [0.1, 0.15) is 11.6 Å². The van der Waals surface area contributed by atoms with Gasteiger partial charge < -0.3 is 5.73 Å². The van der Waals surface area contributed by atoms with Crippen molar-refractivity contribution < 1.29 is 8.78 Å². The van der Waals surface area contributed by atoms with Crippen LogP contribution in [0.5, 0.6) is 0 Å². The van der Waals surface area contributed by atoms with Crippen LogP contribution in [0.1, 0.15) is 32.3 Å². The Hall–Kier alpha value is -0.960. The highest BCUT2D eigenvalue weighted by atomic mass is 19.1. The minimum absolute atomic E-state index is 0.109. The molecule has 0 aliphatic rings. The number of rotatable bonds is 5. The predicted molar refractivity (Wildman–Crippen MR) is 62.1 cm³/mol. The summed E-state index contributed by atoms with van der Waals surface area (Å²) in [6.07, 6.45) is 2.28. The Morgan fingerprint density at radius 3 is 2.31 bits per heavy atom. The molecule has 0 fully saturated rings. The van der Waals surface area contributed by atoms with Crippen LogP contribution in [0, 0.1) is 17.6 Å². The summed E-state index contributed by atoms with van der Waals surface area (Å²) in [6, 6.07) is 3.73. The molecule has 0 amide bonds. The van der Waals surface area contributed by atoms with Gasteiger partial charge >= 0.3 is 0 Å². The Bertz CT molecular complexity index is 318. The monoisotopic (exact) mass is 227 g/mol. The third-order valence-corrected chi connectivity index (χ3v) is 2.98. The van der Waals surface area contributed by atoms with Crippen LogP contribution in [-0.4, -0.2) is 6.04 Å². The molecule has 0 radical (unpaired) electrons. The van der Waals surface area contributed by atoms with E-state index in [0.717, 1.165) is 12.8 Å². The van der Waals surface area contributed by atoms with E-state index in [-0.39, 0.29) is 23.9 Å². The highest BCUT2D eigenvalue weighted by Crippen LogP contribution is 2.18. The Kier molecular flexibility index (Phi) is 4.87. The fourth-order valence-electron chi connectivity index (χ4n) is 1.83. The second-order valence-electron chi connectivity index (χ2n) is 4.33. The van der Waals surface area contributed by atoms with E-state index < -0.39 is 11.6 Å². The van der Waals surface area contributed by atoms with Crippen molar-refractivity contribution in [3.8, 4) is 0 Å². The quantitative estimate of drug-likeness (QED) is 0.820. The van der Waals surface area contributed by atoms with E-state index in [0.29, 0.717) is 0 Å². The molecule has 0 saturated heterocycles. The van der Waals surface area contributed by atoms with Crippen LogP contribution >= 0.6 is 0 Å². The fourth-order valence-corrected chi connectivity index (χ4v) is 1.83. The van der Waals surface area contributed by atoms with Gasteiger partial charge in [0.05, 0.1) is 0 Å². The second-order valence-corrected chi connectivity index (χ2v) is 4.33. The van der Waals surface area contributed by atoms with E-state index in [1.807, 2.05) is 6.92 Å². The van der Waals surface area contributed by atoms with Gasteiger partial charge in [0.15, 0.2) is 0 Å². The van der Waals surface area contributed by atoms with Gasteiger partial charge in [-0.1, -0.05) is 26.3 Å². The predicted octanol–water partition coefficient (Wildman–Crippen LogP) is 3.27. The average molecular weight is 227 g/mol. The number of hydrogen-bond donors (Lipinski definition) is 1. The molecule has 0 aromatic heterocycles. The Morgan fingerprint density at radius 1 is 1.25 bits per heavy atom. The lowest BCUT2D eigenvalue weighted by molar-refractivity contribution is 0.408. The first-order valence-electron chi connectivity index (χ1n) is 5.74. The fraction of sp³-hybridized carbons (Fsp3) is 0.538. The molecule has 1 aromatic carbocycles. The molecule has 0 spiro atoms. The van der Waals surface area contributed by atoms with Crippen LogP contribution in [0.25, 0.3) is 0 Å². The first kappa shape index (κ1) is 13.1. The zero-order chi connectivity index (χ0) is 12.1. The first-order chi connectivity index (χ1) is 7.56.